The van der Waals surface area contributed by atoms with Crippen LogP contribution in [0.5, 0.6) is 0 Å². The minimum Gasteiger partial charge on any atom is -0.408 e. The summed E-state index contributed by atoms with van der Waals surface area (Å²) in [6.45, 7) is 4.71. The molecule has 0 aliphatic carbocycles. The SMILES string of the molecule is CCCCn1nc(C)c(/C=C/C(=O)Nc2ccc3oc(=O)[nH]c3c2)c1Cl. The summed E-state index contributed by atoms with van der Waals surface area (Å²) in [5, 5.41) is 7.66. The Morgan fingerprint density at radius 3 is 3.04 bits per heavy atom. The first-order valence-corrected chi connectivity index (χ1v) is 8.70. The average molecular weight is 375 g/mol. The molecule has 0 radical (unpaired) electrons. The number of carbonyl (C=O) groups is 1. The number of carbonyl (C=O) groups excluding carboxylic acids is 1. The lowest BCUT2D eigenvalue weighted by Crippen LogP contribution is -2.07. The highest BCUT2D eigenvalue weighted by Gasteiger charge is 2.11. The third-order valence-electron chi connectivity index (χ3n) is 3.92. The van der Waals surface area contributed by atoms with E-state index in [0.717, 1.165) is 30.6 Å². The van der Waals surface area contributed by atoms with Crippen LogP contribution in [0.4, 0.5) is 5.69 Å². The molecular formula is C18H19ClN4O3. The van der Waals surface area contributed by atoms with Crippen LogP contribution < -0.4 is 11.1 Å². The molecule has 3 rings (SSSR count). The minimum atomic E-state index is -0.534. The van der Waals surface area contributed by atoms with Crippen LogP contribution in [0.15, 0.2) is 33.5 Å². The number of oxazole rings is 1. The molecule has 8 heteroatoms. The number of nitrogens with one attached hydrogen (secondary N) is 2. The molecule has 3 aromatic rings. The second-order valence-corrected chi connectivity index (χ2v) is 6.27. The Balaban J connectivity index is 1.72. The fourth-order valence-corrected chi connectivity index (χ4v) is 2.91. The Morgan fingerprint density at radius 2 is 2.27 bits per heavy atom. The highest BCUT2D eigenvalue weighted by atomic mass is 35.5. The maximum atomic E-state index is 12.2. The fourth-order valence-electron chi connectivity index (χ4n) is 2.59. The predicted molar refractivity (Wildman–Crippen MR) is 101 cm³/mol. The molecule has 26 heavy (non-hydrogen) atoms. The number of amides is 1. The highest BCUT2D eigenvalue weighted by Crippen LogP contribution is 2.22. The highest BCUT2D eigenvalue weighted by molar-refractivity contribution is 6.31. The molecule has 2 aromatic heterocycles. The van der Waals surface area contributed by atoms with Crippen LogP contribution in [-0.2, 0) is 11.3 Å². The number of benzene rings is 1. The second-order valence-electron chi connectivity index (χ2n) is 5.91. The predicted octanol–water partition coefficient (Wildman–Crippen LogP) is 3.73. The smallest absolute Gasteiger partial charge is 0.408 e. The van der Waals surface area contributed by atoms with Crippen molar-refractivity contribution in [1.82, 2.24) is 14.8 Å². The van der Waals surface area contributed by atoms with Crippen molar-refractivity contribution in [3.8, 4) is 0 Å². The number of aryl methyl sites for hydroxylation is 2. The van der Waals surface area contributed by atoms with Gasteiger partial charge in [-0.1, -0.05) is 24.9 Å². The van der Waals surface area contributed by atoms with Crippen molar-refractivity contribution >= 4 is 40.4 Å². The normalized spacial score (nSPS) is 11.5. The molecule has 0 spiro atoms. The summed E-state index contributed by atoms with van der Waals surface area (Å²) in [5.41, 5.74) is 3.00. The van der Waals surface area contributed by atoms with Crippen molar-refractivity contribution in [2.75, 3.05) is 5.32 Å². The van der Waals surface area contributed by atoms with E-state index in [1.54, 1.807) is 29.0 Å². The van der Waals surface area contributed by atoms with E-state index in [9.17, 15) is 9.59 Å². The number of aromatic amines is 1. The summed E-state index contributed by atoms with van der Waals surface area (Å²) in [7, 11) is 0. The molecule has 1 amide bonds. The summed E-state index contributed by atoms with van der Waals surface area (Å²) in [6.07, 6.45) is 5.10. The van der Waals surface area contributed by atoms with Gasteiger partial charge in [0.15, 0.2) is 5.58 Å². The third-order valence-corrected chi connectivity index (χ3v) is 4.32. The number of fused-ring (bicyclic) bond motifs is 1. The third kappa shape index (κ3) is 3.88. The van der Waals surface area contributed by atoms with Gasteiger partial charge >= 0.3 is 5.76 Å². The first kappa shape index (κ1) is 18.0. The average Bonchev–Trinajstić information content (AvgIpc) is 3.09. The van der Waals surface area contributed by atoms with Gasteiger partial charge in [0.1, 0.15) is 5.15 Å². The molecule has 0 saturated carbocycles. The number of unbranched alkanes of at least 4 members (excludes halogenated alkanes) is 1. The number of aromatic nitrogens is 3. The maximum absolute atomic E-state index is 12.2. The number of rotatable bonds is 6. The summed E-state index contributed by atoms with van der Waals surface area (Å²) >= 11 is 6.35. The fraction of sp³-hybridized carbons (Fsp3) is 0.278. The minimum absolute atomic E-state index is 0.313. The molecule has 0 atom stereocenters. The van der Waals surface area contributed by atoms with Crippen molar-refractivity contribution in [2.45, 2.75) is 33.2 Å². The number of H-pyrrole nitrogens is 1. The van der Waals surface area contributed by atoms with Crippen molar-refractivity contribution in [2.24, 2.45) is 0 Å². The van der Waals surface area contributed by atoms with Gasteiger partial charge in [0.05, 0.1) is 11.2 Å². The van der Waals surface area contributed by atoms with Gasteiger partial charge in [-0.05, 0) is 37.6 Å². The van der Waals surface area contributed by atoms with Gasteiger partial charge in [-0.2, -0.15) is 5.10 Å². The van der Waals surface area contributed by atoms with Gasteiger partial charge in [-0.3, -0.25) is 14.5 Å². The summed E-state index contributed by atoms with van der Waals surface area (Å²) in [6, 6.07) is 4.91. The number of nitrogens with zero attached hydrogens (tertiary/aromatic N) is 2. The number of hydrogen-bond donors (Lipinski definition) is 2. The van der Waals surface area contributed by atoms with Crippen LogP contribution in [0.25, 0.3) is 17.2 Å². The quantitative estimate of drug-likeness (QED) is 0.643. The zero-order valence-corrected chi connectivity index (χ0v) is 15.3. The molecule has 1 aromatic carbocycles. The molecule has 0 aliphatic rings. The first-order chi connectivity index (χ1) is 12.5. The van der Waals surface area contributed by atoms with Gasteiger partial charge in [0, 0.05) is 23.9 Å². The van der Waals surface area contributed by atoms with E-state index in [4.69, 9.17) is 16.0 Å². The Labute approximate surface area is 154 Å². The van der Waals surface area contributed by atoms with E-state index < -0.39 is 5.76 Å². The second kappa shape index (κ2) is 7.61. The van der Waals surface area contributed by atoms with E-state index in [1.807, 2.05) is 6.92 Å². The number of anilines is 1. The van der Waals surface area contributed by atoms with Gasteiger partial charge in [-0.15, -0.1) is 0 Å². The van der Waals surface area contributed by atoms with Crippen molar-refractivity contribution < 1.29 is 9.21 Å². The van der Waals surface area contributed by atoms with Gasteiger partial charge in [0.2, 0.25) is 5.91 Å². The van der Waals surface area contributed by atoms with Crippen LogP contribution in [0.2, 0.25) is 5.15 Å². The number of halogens is 1. The van der Waals surface area contributed by atoms with Crippen molar-refractivity contribution in [1.29, 1.82) is 0 Å². The zero-order chi connectivity index (χ0) is 18.7. The molecular weight excluding hydrogens is 356 g/mol. The molecule has 136 valence electrons. The lowest BCUT2D eigenvalue weighted by Gasteiger charge is -2.02. The van der Waals surface area contributed by atoms with Crippen LogP contribution in [-0.4, -0.2) is 20.7 Å². The van der Waals surface area contributed by atoms with E-state index in [1.165, 1.54) is 6.08 Å². The molecule has 0 fully saturated rings. The summed E-state index contributed by atoms with van der Waals surface area (Å²) < 4.78 is 6.68. The van der Waals surface area contributed by atoms with E-state index in [0.29, 0.717) is 21.9 Å². The first-order valence-electron chi connectivity index (χ1n) is 8.32. The molecule has 2 N–H and O–H groups in total. The summed E-state index contributed by atoms with van der Waals surface area (Å²) in [4.78, 5) is 25.9. The van der Waals surface area contributed by atoms with Gasteiger partial charge in [0.25, 0.3) is 0 Å². The molecule has 7 nitrogen and oxygen atoms in total. The van der Waals surface area contributed by atoms with Crippen LogP contribution in [0.3, 0.4) is 0 Å². The summed E-state index contributed by atoms with van der Waals surface area (Å²) in [5.74, 6) is -0.847. The van der Waals surface area contributed by atoms with Crippen molar-refractivity contribution in [3.63, 3.8) is 0 Å². The van der Waals surface area contributed by atoms with Crippen molar-refractivity contribution in [3.05, 3.63) is 51.2 Å². The van der Waals surface area contributed by atoms with Crippen LogP contribution in [0.1, 0.15) is 31.0 Å². The van der Waals surface area contributed by atoms with Gasteiger partial charge in [-0.25, -0.2) is 4.79 Å². The molecule has 0 saturated heterocycles. The van der Waals surface area contributed by atoms with E-state index >= 15 is 0 Å². The molecule has 0 unspecified atom stereocenters. The van der Waals surface area contributed by atoms with E-state index in [2.05, 4.69) is 22.3 Å². The largest absolute Gasteiger partial charge is 0.417 e. The zero-order valence-electron chi connectivity index (χ0n) is 14.5. The lowest BCUT2D eigenvalue weighted by molar-refractivity contribution is -0.111. The Morgan fingerprint density at radius 1 is 1.46 bits per heavy atom. The van der Waals surface area contributed by atoms with Crippen LogP contribution >= 0.6 is 11.6 Å². The molecule has 0 aliphatic heterocycles. The Hall–Kier alpha value is -2.80. The Bertz CT molecular complexity index is 1030. The number of hydrogen-bond acceptors (Lipinski definition) is 4. The van der Waals surface area contributed by atoms with Crippen LogP contribution in [0, 0.1) is 6.92 Å². The lowest BCUT2D eigenvalue weighted by atomic mass is 10.2. The monoisotopic (exact) mass is 374 g/mol. The Kier molecular flexibility index (Phi) is 5.27. The standard InChI is InChI=1S/C18H19ClN4O3/c1-3-4-9-23-17(19)13(11(2)22-23)6-8-16(24)20-12-5-7-15-14(10-12)21-18(25)26-15/h5-8,10H,3-4,9H2,1-2H3,(H,20,24)(H,21,25)/b8-6+. The molecule has 2 heterocycles. The molecule has 0 bridgehead atoms. The topological polar surface area (TPSA) is 92.9 Å². The maximum Gasteiger partial charge on any atom is 0.417 e. The van der Waals surface area contributed by atoms with E-state index in [-0.39, 0.29) is 5.91 Å². The van der Waals surface area contributed by atoms with Gasteiger partial charge < -0.3 is 9.73 Å².